The van der Waals surface area contributed by atoms with E-state index in [0.717, 1.165) is 17.7 Å². The van der Waals surface area contributed by atoms with Crippen LogP contribution in [0.3, 0.4) is 0 Å². The van der Waals surface area contributed by atoms with E-state index in [-0.39, 0.29) is 4.83 Å². The molecule has 5 heteroatoms. The van der Waals surface area contributed by atoms with Crippen molar-refractivity contribution in [1.82, 2.24) is 0 Å². The zero-order valence-corrected chi connectivity index (χ0v) is 12.6. The highest BCUT2D eigenvalue weighted by molar-refractivity contribution is 9.09. The smallest absolute Gasteiger partial charge is 0.206 e. The molecule has 0 spiro atoms. The fourth-order valence-corrected chi connectivity index (χ4v) is 2.60. The van der Waals surface area contributed by atoms with E-state index < -0.39 is 17.6 Å². The van der Waals surface area contributed by atoms with E-state index in [1.165, 1.54) is 6.07 Å². The summed E-state index contributed by atoms with van der Waals surface area (Å²) >= 11 is 3.53. The molecule has 2 aromatic rings. The van der Waals surface area contributed by atoms with E-state index >= 15 is 0 Å². The Morgan fingerprint density at radius 1 is 1.00 bits per heavy atom. The lowest BCUT2D eigenvalue weighted by molar-refractivity contribution is -0.140. The molecule has 0 amide bonds. The molecule has 0 heterocycles. The van der Waals surface area contributed by atoms with Gasteiger partial charge in [0.25, 0.3) is 0 Å². The first-order valence-electron chi connectivity index (χ1n) is 6.42. The maximum absolute atomic E-state index is 13.5. The molecule has 0 aromatic heterocycles. The molecule has 0 aliphatic carbocycles. The molecule has 0 aliphatic heterocycles. The Bertz CT molecular complexity index is 593. The first kappa shape index (κ1) is 16.0. The number of benzene rings is 2. The molecule has 2 rings (SSSR count). The van der Waals surface area contributed by atoms with Crippen molar-refractivity contribution in [1.29, 1.82) is 0 Å². The van der Waals surface area contributed by atoms with Crippen molar-refractivity contribution >= 4 is 15.9 Å². The van der Waals surface area contributed by atoms with E-state index in [4.69, 9.17) is 0 Å². The summed E-state index contributed by atoms with van der Waals surface area (Å²) in [5.74, 6) is -1.22. The van der Waals surface area contributed by atoms with Gasteiger partial charge >= 0.3 is 6.18 Å². The van der Waals surface area contributed by atoms with E-state index in [1.54, 1.807) is 0 Å². The van der Waals surface area contributed by atoms with Gasteiger partial charge in [-0.3, -0.25) is 0 Å². The minimum absolute atomic E-state index is 0.0871. The minimum atomic E-state index is -4.65. The van der Waals surface area contributed by atoms with Gasteiger partial charge in [0.05, 0.1) is 5.56 Å². The molecule has 2 aromatic carbocycles. The van der Waals surface area contributed by atoms with E-state index in [0.29, 0.717) is 18.4 Å². The fourth-order valence-electron chi connectivity index (χ4n) is 2.07. The zero-order valence-electron chi connectivity index (χ0n) is 11.0. The maximum atomic E-state index is 13.5. The average Bonchev–Trinajstić information content (AvgIpc) is 2.44. The molecule has 112 valence electrons. The Labute approximate surface area is 128 Å². The van der Waals surface area contributed by atoms with Crippen molar-refractivity contribution in [3.05, 3.63) is 71.0 Å². The molecule has 0 nitrogen and oxygen atoms in total. The Balaban J connectivity index is 2.03. The lowest BCUT2D eigenvalue weighted by Crippen LogP contribution is -2.08. The standard InChI is InChI=1S/C16H13BrF4/c17-14(12-4-2-1-3-5-12)9-7-11-6-8-13(15(18)10-11)16(19,20)21/h1-6,8,10,14H,7,9H2. The average molecular weight is 361 g/mol. The summed E-state index contributed by atoms with van der Waals surface area (Å²) in [5, 5.41) is 0. The van der Waals surface area contributed by atoms with Crippen LogP contribution < -0.4 is 0 Å². The highest BCUT2D eigenvalue weighted by Gasteiger charge is 2.33. The molecule has 0 saturated carbocycles. The number of hydrogen-bond donors (Lipinski definition) is 0. The number of hydrogen-bond acceptors (Lipinski definition) is 0. The van der Waals surface area contributed by atoms with Crippen LogP contribution in [0, 0.1) is 5.82 Å². The van der Waals surface area contributed by atoms with Crippen LogP contribution in [0.4, 0.5) is 17.6 Å². The Hall–Kier alpha value is -1.36. The van der Waals surface area contributed by atoms with Crippen LogP contribution in [-0.2, 0) is 12.6 Å². The summed E-state index contributed by atoms with van der Waals surface area (Å²) in [5.41, 5.74) is 0.426. The predicted molar refractivity (Wildman–Crippen MR) is 77.8 cm³/mol. The molecule has 0 radical (unpaired) electrons. The molecule has 0 N–H and O–H groups in total. The van der Waals surface area contributed by atoms with Crippen molar-refractivity contribution in [3.8, 4) is 0 Å². The Morgan fingerprint density at radius 3 is 2.24 bits per heavy atom. The van der Waals surface area contributed by atoms with Crippen LogP contribution in [0.25, 0.3) is 0 Å². The summed E-state index contributed by atoms with van der Waals surface area (Å²) in [6, 6.07) is 12.8. The summed E-state index contributed by atoms with van der Waals surface area (Å²) in [7, 11) is 0. The van der Waals surface area contributed by atoms with Crippen molar-refractivity contribution in [2.24, 2.45) is 0 Å². The highest BCUT2D eigenvalue weighted by Crippen LogP contribution is 2.32. The normalized spacial score (nSPS) is 13.2. The molecular formula is C16H13BrF4. The SMILES string of the molecule is Fc1cc(CCC(Br)c2ccccc2)ccc1C(F)(F)F. The van der Waals surface area contributed by atoms with Crippen LogP contribution in [0.1, 0.15) is 27.9 Å². The molecule has 1 unspecified atom stereocenters. The Morgan fingerprint density at radius 2 is 1.67 bits per heavy atom. The number of aryl methyl sites for hydroxylation is 1. The molecule has 21 heavy (non-hydrogen) atoms. The fraction of sp³-hybridized carbons (Fsp3) is 0.250. The second-order valence-electron chi connectivity index (χ2n) is 4.73. The first-order chi connectivity index (χ1) is 9.88. The van der Waals surface area contributed by atoms with Gasteiger partial charge in [-0.25, -0.2) is 4.39 Å². The summed E-state index contributed by atoms with van der Waals surface area (Å²) < 4.78 is 50.9. The molecule has 0 aliphatic rings. The second-order valence-corrected chi connectivity index (χ2v) is 5.83. The van der Waals surface area contributed by atoms with Crippen LogP contribution in [-0.4, -0.2) is 0 Å². The van der Waals surface area contributed by atoms with Crippen LogP contribution in [0.2, 0.25) is 0 Å². The van der Waals surface area contributed by atoms with Crippen LogP contribution >= 0.6 is 15.9 Å². The van der Waals surface area contributed by atoms with Gasteiger partial charge in [0.15, 0.2) is 0 Å². The van der Waals surface area contributed by atoms with Crippen molar-refractivity contribution in [2.45, 2.75) is 23.8 Å². The van der Waals surface area contributed by atoms with E-state index in [1.807, 2.05) is 30.3 Å². The minimum Gasteiger partial charge on any atom is -0.206 e. The molecule has 0 bridgehead atoms. The Kier molecular flexibility index (Phi) is 5.04. The lowest BCUT2D eigenvalue weighted by Gasteiger charge is -2.12. The van der Waals surface area contributed by atoms with Crippen molar-refractivity contribution < 1.29 is 17.6 Å². The van der Waals surface area contributed by atoms with Crippen LogP contribution in [0.15, 0.2) is 48.5 Å². The van der Waals surface area contributed by atoms with E-state index in [2.05, 4.69) is 15.9 Å². The van der Waals surface area contributed by atoms with Crippen molar-refractivity contribution in [2.75, 3.05) is 0 Å². The predicted octanol–water partition coefficient (Wildman–Crippen LogP) is 5.91. The van der Waals surface area contributed by atoms with Gasteiger partial charge in [-0.05, 0) is 36.1 Å². The van der Waals surface area contributed by atoms with Gasteiger partial charge in [-0.1, -0.05) is 52.3 Å². The number of alkyl halides is 4. The van der Waals surface area contributed by atoms with Crippen molar-refractivity contribution in [3.63, 3.8) is 0 Å². The summed E-state index contributed by atoms with van der Waals surface area (Å²) in [4.78, 5) is 0.0871. The number of rotatable bonds is 4. The van der Waals surface area contributed by atoms with Gasteiger partial charge in [0.1, 0.15) is 5.82 Å². The van der Waals surface area contributed by atoms with E-state index in [9.17, 15) is 17.6 Å². The van der Waals surface area contributed by atoms with Gasteiger partial charge in [0, 0.05) is 4.83 Å². The largest absolute Gasteiger partial charge is 0.419 e. The maximum Gasteiger partial charge on any atom is 0.419 e. The van der Waals surface area contributed by atoms with Gasteiger partial charge in [-0.2, -0.15) is 13.2 Å². The number of halogens is 5. The molecule has 0 fully saturated rings. The molecule has 1 atom stereocenters. The summed E-state index contributed by atoms with van der Waals surface area (Å²) in [6.45, 7) is 0. The molecule has 0 saturated heterocycles. The van der Waals surface area contributed by atoms with Crippen LogP contribution in [0.5, 0.6) is 0 Å². The van der Waals surface area contributed by atoms with Gasteiger partial charge < -0.3 is 0 Å². The third kappa shape index (κ3) is 4.30. The lowest BCUT2D eigenvalue weighted by atomic mass is 10.0. The van der Waals surface area contributed by atoms with Gasteiger partial charge in [-0.15, -0.1) is 0 Å². The third-order valence-corrected chi connectivity index (χ3v) is 4.17. The highest BCUT2D eigenvalue weighted by atomic mass is 79.9. The second kappa shape index (κ2) is 6.60. The zero-order chi connectivity index (χ0) is 15.5. The topological polar surface area (TPSA) is 0 Å². The molecular weight excluding hydrogens is 348 g/mol. The quantitative estimate of drug-likeness (QED) is 0.469. The monoisotopic (exact) mass is 360 g/mol. The summed E-state index contributed by atoms with van der Waals surface area (Å²) in [6.07, 6.45) is -3.47. The third-order valence-electron chi connectivity index (χ3n) is 3.19. The first-order valence-corrected chi connectivity index (χ1v) is 7.34. The van der Waals surface area contributed by atoms with Gasteiger partial charge in [0.2, 0.25) is 0 Å².